The molecule has 94 valence electrons. The van der Waals surface area contributed by atoms with Crippen molar-refractivity contribution in [2.75, 3.05) is 0 Å². The Balaban J connectivity index is 1.90. The molecule has 0 unspecified atom stereocenters. The molecular weight excluding hydrogens is 224 g/mol. The molecule has 0 heterocycles. The molecule has 4 atom stereocenters. The Bertz CT molecular complexity index is 503. The van der Waals surface area contributed by atoms with Crippen LogP contribution < -0.4 is 0 Å². The number of allylic oxidation sites excluding steroid dienone is 6. The first kappa shape index (κ1) is 11.6. The second-order valence-corrected chi connectivity index (χ2v) is 5.92. The zero-order chi connectivity index (χ0) is 12.9. The quantitative estimate of drug-likeness (QED) is 0.698. The van der Waals surface area contributed by atoms with Gasteiger partial charge in [0.15, 0.2) is 11.6 Å². The number of rotatable bonds is 2. The average molecular weight is 242 g/mol. The molecule has 0 aliphatic heterocycles. The molecule has 0 saturated heterocycles. The smallest absolute Gasteiger partial charge is 0.163 e. The van der Waals surface area contributed by atoms with Gasteiger partial charge in [-0.1, -0.05) is 23.8 Å². The van der Waals surface area contributed by atoms with Crippen LogP contribution in [0.1, 0.15) is 26.7 Å². The normalized spacial score (nSPS) is 36.7. The van der Waals surface area contributed by atoms with Crippen molar-refractivity contribution >= 4 is 11.6 Å². The molecule has 18 heavy (non-hydrogen) atoms. The lowest BCUT2D eigenvalue weighted by atomic mass is 9.72. The van der Waals surface area contributed by atoms with E-state index in [0.29, 0.717) is 23.8 Å². The van der Waals surface area contributed by atoms with E-state index < -0.39 is 0 Å². The van der Waals surface area contributed by atoms with Crippen LogP contribution in [0.2, 0.25) is 0 Å². The Hall–Kier alpha value is -1.44. The summed E-state index contributed by atoms with van der Waals surface area (Å²) in [5.74, 6) is 0.910. The maximum atomic E-state index is 12.5. The van der Waals surface area contributed by atoms with Gasteiger partial charge in [-0.2, -0.15) is 0 Å². The van der Waals surface area contributed by atoms with Crippen LogP contribution in [-0.2, 0) is 9.59 Å². The van der Waals surface area contributed by atoms with Crippen molar-refractivity contribution in [1.29, 1.82) is 0 Å². The fourth-order valence-corrected chi connectivity index (χ4v) is 3.59. The summed E-state index contributed by atoms with van der Waals surface area (Å²) < 4.78 is 0. The minimum Gasteiger partial charge on any atom is -0.294 e. The van der Waals surface area contributed by atoms with E-state index in [4.69, 9.17) is 0 Å². The van der Waals surface area contributed by atoms with Gasteiger partial charge in [-0.3, -0.25) is 9.59 Å². The molecule has 0 aromatic heterocycles. The number of carbonyl (C=O) groups excluding carboxylic acids is 2. The maximum Gasteiger partial charge on any atom is 0.163 e. The highest BCUT2D eigenvalue weighted by Gasteiger charge is 2.52. The van der Waals surface area contributed by atoms with E-state index in [1.165, 1.54) is 5.57 Å². The molecule has 2 heteroatoms. The first-order valence-corrected chi connectivity index (χ1v) is 6.68. The number of hydrogen-bond acceptors (Lipinski definition) is 2. The maximum absolute atomic E-state index is 12.5. The van der Waals surface area contributed by atoms with E-state index in [0.717, 1.165) is 6.42 Å². The SMILES string of the molecule is CC(C)=CCC1=CC(=O)[C@H]2[C@@H](C1=O)[C@H]1C=C[C@@H]2C1. The Morgan fingerprint density at radius 2 is 1.89 bits per heavy atom. The third kappa shape index (κ3) is 1.63. The van der Waals surface area contributed by atoms with Gasteiger partial charge in [0.05, 0.1) is 0 Å². The van der Waals surface area contributed by atoms with E-state index in [-0.39, 0.29) is 23.4 Å². The fourth-order valence-electron chi connectivity index (χ4n) is 3.59. The molecule has 3 rings (SSSR count). The number of hydrogen-bond donors (Lipinski definition) is 0. The fraction of sp³-hybridized carbons (Fsp3) is 0.500. The summed E-state index contributed by atoms with van der Waals surface area (Å²) in [7, 11) is 0. The molecule has 0 N–H and O–H groups in total. The van der Waals surface area contributed by atoms with Crippen LogP contribution in [-0.4, -0.2) is 11.6 Å². The molecule has 3 aliphatic carbocycles. The Morgan fingerprint density at radius 1 is 1.22 bits per heavy atom. The van der Waals surface area contributed by atoms with Gasteiger partial charge in [0, 0.05) is 17.4 Å². The molecule has 0 aromatic rings. The Labute approximate surface area is 107 Å². The van der Waals surface area contributed by atoms with Gasteiger partial charge >= 0.3 is 0 Å². The van der Waals surface area contributed by atoms with Crippen molar-refractivity contribution in [3.8, 4) is 0 Å². The van der Waals surface area contributed by atoms with Crippen molar-refractivity contribution in [3.63, 3.8) is 0 Å². The highest BCUT2D eigenvalue weighted by molar-refractivity contribution is 6.11. The van der Waals surface area contributed by atoms with Crippen LogP contribution in [0.15, 0.2) is 35.5 Å². The number of fused-ring (bicyclic) bond motifs is 5. The summed E-state index contributed by atoms with van der Waals surface area (Å²) >= 11 is 0. The zero-order valence-corrected chi connectivity index (χ0v) is 10.8. The van der Waals surface area contributed by atoms with Gasteiger partial charge in [-0.25, -0.2) is 0 Å². The molecule has 1 fully saturated rings. The van der Waals surface area contributed by atoms with Gasteiger partial charge < -0.3 is 0 Å². The molecule has 2 bridgehead atoms. The Morgan fingerprint density at radius 3 is 2.56 bits per heavy atom. The molecular formula is C16H18O2. The summed E-state index contributed by atoms with van der Waals surface area (Å²) in [5.41, 5.74) is 1.90. The topological polar surface area (TPSA) is 34.1 Å². The van der Waals surface area contributed by atoms with Crippen LogP contribution in [0, 0.1) is 23.7 Å². The van der Waals surface area contributed by atoms with Crippen LogP contribution in [0.25, 0.3) is 0 Å². The number of ketones is 2. The first-order chi connectivity index (χ1) is 8.58. The van der Waals surface area contributed by atoms with E-state index in [1.807, 2.05) is 19.9 Å². The van der Waals surface area contributed by atoms with Crippen LogP contribution in [0.3, 0.4) is 0 Å². The third-order valence-corrected chi connectivity index (χ3v) is 4.45. The van der Waals surface area contributed by atoms with Gasteiger partial charge in [0.1, 0.15) is 0 Å². The first-order valence-electron chi connectivity index (χ1n) is 6.68. The van der Waals surface area contributed by atoms with Crippen LogP contribution >= 0.6 is 0 Å². The van der Waals surface area contributed by atoms with E-state index in [9.17, 15) is 9.59 Å². The highest BCUT2D eigenvalue weighted by Crippen LogP contribution is 2.51. The molecule has 2 nitrogen and oxygen atoms in total. The van der Waals surface area contributed by atoms with Gasteiger partial charge in [-0.05, 0) is 44.6 Å². The summed E-state index contributed by atoms with van der Waals surface area (Å²) in [6, 6.07) is 0. The lowest BCUT2D eigenvalue weighted by Crippen LogP contribution is -2.37. The zero-order valence-electron chi connectivity index (χ0n) is 10.8. The summed E-state index contributed by atoms with van der Waals surface area (Å²) in [4.78, 5) is 24.7. The molecule has 1 saturated carbocycles. The summed E-state index contributed by atoms with van der Waals surface area (Å²) in [6.07, 6.45) is 9.51. The monoisotopic (exact) mass is 242 g/mol. The van der Waals surface area contributed by atoms with Crippen molar-refractivity contribution in [2.45, 2.75) is 26.7 Å². The number of Topliss-reactive ketones (excluding diaryl/α,β-unsaturated/α-hetero) is 1. The predicted octanol–water partition coefficient (Wildman–Crippen LogP) is 2.86. The van der Waals surface area contributed by atoms with Crippen molar-refractivity contribution < 1.29 is 9.59 Å². The second kappa shape index (κ2) is 4.04. The van der Waals surface area contributed by atoms with E-state index >= 15 is 0 Å². The molecule has 3 aliphatic rings. The summed E-state index contributed by atoms with van der Waals surface area (Å²) in [5, 5.41) is 0. The molecule has 0 amide bonds. The van der Waals surface area contributed by atoms with Crippen molar-refractivity contribution in [3.05, 3.63) is 35.5 Å². The standard InChI is InChI=1S/C16H18O2/c1-9(2)3-4-12-8-13(17)14-10-5-6-11(7-10)15(14)16(12)18/h3,5-6,8,10-11,14-15H,4,7H2,1-2H3/t10-,11+,14+,15+/m1/s1. The molecule has 0 aromatic carbocycles. The van der Waals surface area contributed by atoms with Gasteiger partial charge in [-0.15, -0.1) is 0 Å². The minimum absolute atomic E-state index is 0.0528. The third-order valence-electron chi connectivity index (χ3n) is 4.45. The lowest BCUT2D eigenvalue weighted by molar-refractivity contribution is -0.130. The lowest BCUT2D eigenvalue weighted by Gasteiger charge is -2.29. The van der Waals surface area contributed by atoms with Crippen LogP contribution in [0.4, 0.5) is 0 Å². The van der Waals surface area contributed by atoms with E-state index in [2.05, 4.69) is 12.2 Å². The van der Waals surface area contributed by atoms with Gasteiger partial charge in [0.2, 0.25) is 0 Å². The van der Waals surface area contributed by atoms with Crippen LogP contribution in [0.5, 0.6) is 0 Å². The van der Waals surface area contributed by atoms with Crippen molar-refractivity contribution in [1.82, 2.24) is 0 Å². The molecule has 0 radical (unpaired) electrons. The highest BCUT2D eigenvalue weighted by atomic mass is 16.1. The second-order valence-electron chi connectivity index (χ2n) is 5.92. The van der Waals surface area contributed by atoms with E-state index in [1.54, 1.807) is 6.08 Å². The average Bonchev–Trinajstić information content (AvgIpc) is 2.92. The Kier molecular flexibility index (Phi) is 2.61. The number of carbonyl (C=O) groups is 2. The largest absolute Gasteiger partial charge is 0.294 e. The minimum atomic E-state index is -0.0573. The molecule has 0 spiro atoms. The predicted molar refractivity (Wildman–Crippen MR) is 69.9 cm³/mol. The van der Waals surface area contributed by atoms with Crippen molar-refractivity contribution in [2.24, 2.45) is 23.7 Å². The van der Waals surface area contributed by atoms with Gasteiger partial charge in [0.25, 0.3) is 0 Å². The summed E-state index contributed by atoms with van der Waals surface area (Å²) in [6.45, 7) is 4.03.